The predicted octanol–water partition coefficient (Wildman–Crippen LogP) is 7.08. The lowest BCUT2D eigenvalue weighted by molar-refractivity contribution is 1.08. The van der Waals surface area contributed by atoms with Crippen molar-refractivity contribution in [2.75, 3.05) is 0 Å². The van der Waals surface area contributed by atoms with Crippen LogP contribution < -0.4 is 5.32 Å². The lowest BCUT2D eigenvalue weighted by Crippen LogP contribution is -2.34. The van der Waals surface area contributed by atoms with E-state index in [0.29, 0.717) is 0 Å². The standard InChI is InChI=1S/C27H23N3/c1-2-19-13-16-26(28-24-14-11-20-7-3-5-9-22(20)17-24)30-27(19)29-25-15-12-21-8-4-6-10-23(21)18-25/h3-15,17-18H,2,16H2,1H3,(H,28,29,30). The van der Waals surface area contributed by atoms with Crippen molar-refractivity contribution < 1.29 is 0 Å². The van der Waals surface area contributed by atoms with E-state index in [1.165, 1.54) is 27.1 Å². The molecule has 0 atom stereocenters. The number of fused-ring (bicyclic) bond motifs is 2. The summed E-state index contributed by atoms with van der Waals surface area (Å²) in [6, 6.07) is 29.4. The number of nitrogens with zero attached hydrogens (tertiary/aromatic N) is 2. The van der Waals surface area contributed by atoms with E-state index in [1.807, 2.05) is 0 Å². The maximum atomic E-state index is 4.92. The van der Waals surface area contributed by atoms with Crippen molar-refractivity contribution >= 4 is 44.6 Å². The van der Waals surface area contributed by atoms with E-state index in [0.717, 1.165) is 35.9 Å². The van der Waals surface area contributed by atoms with E-state index >= 15 is 0 Å². The second-order valence-corrected chi connectivity index (χ2v) is 7.49. The van der Waals surface area contributed by atoms with Crippen molar-refractivity contribution in [3.05, 3.63) is 96.6 Å². The summed E-state index contributed by atoms with van der Waals surface area (Å²) >= 11 is 0. The highest BCUT2D eigenvalue weighted by Crippen LogP contribution is 2.24. The fourth-order valence-electron chi connectivity index (χ4n) is 3.85. The number of hydrogen-bond acceptors (Lipinski definition) is 2. The second kappa shape index (κ2) is 7.96. The van der Waals surface area contributed by atoms with Crippen molar-refractivity contribution in [3.8, 4) is 0 Å². The molecule has 146 valence electrons. The number of rotatable bonds is 3. The van der Waals surface area contributed by atoms with Crippen molar-refractivity contribution in [2.45, 2.75) is 19.8 Å². The van der Waals surface area contributed by atoms with Gasteiger partial charge in [0.05, 0.1) is 11.4 Å². The van der Waals surface area contributed by atoms with Gasteiger partial charge in [0.2, 0.25) is 0 Å². The Morgan fingerprint density at radius 2 is 1.27 bits per heavy atom. The van der Waals surface area contributed by atoms with Crippen LogP contribution in [0.1, 0.15) is 19.8 Å². The van der Waals surface area contributed by atoms with Gasteiger partial charge in [-0.05, 0) is 57.8 Å². The molecule has 5 rings (SSSR count). The monoisotopic (exact) mass is 389 g/mol. The van der Waals surface area contributed by atoms with E-state index in [1.54, 1.807) is 0 Å². The van der Waals surface area contributed by atoms with E-state index in [9.17, 15) is 0 Å². The van der Waals surface area contributed by atoms with E-state index in [-0.39, 0.29) is 0 Å². The summed E-state index contributed by atoms with van der Waals surface area (Å²) in [4.78, 5) is 9.78. The highest BCUT2D eigenvalue weighted by atomic mass is 15.1. The largest absolute Gasteiger partial charge is 0.328 e. The van der Waals surface area contributed by atoms with Crippen LogP contribution in [0.5, 0.6) is 0 Å². The smallest absolute Gasteiger partial charge is 0.134 e. The molecule has 4 aromatic carbocycles. The Hall–Kier alpha value is -3.72. The molecule has 0 bridgehead atoms. The van der Waals surface area contributed by atoms with Gasteiger partial charge in [-0.25, -0.2) is 9.98 Å². The Labute approximate surface area is 176 Å². The van der Waals surface area contributed by atoms with Gasteiger partial charge in [-0.15, -0.1) is 0 Å². The van der Waals surface area contributed by atoms with Gasteiger partial charge in [-0.1, -0.05) is 73.7 Å². The summed E-state index contributed by atoms with van der Waals surface area (Å²) in [6.07, 6.45) is 3.95. The lowest BCUT2D eigenvalue weighted by Gasteiger charge is -2.19. The molecule has 3 heteroatoms. The summed E-state index contributed by atoms with van der Waals surface area (Å²) in [5.41, 5.74) is 3.12. The normalized spacial score (nSPS) is 16.8. The highest BCUT2D eigenvalue weighted by molar-refractivity contribution is 6.13. The molecule has 1 aliphatic heterocycles. The van der Waals surface area contributed by atoms with Crippen molar-refractivity contribution in [1.82, 2.24) is 5.32 Å². The maximum absolute atomic E-state index is 4.92. The van der Waals surface area contributed by atoms with Gasteiger partial charge < -0.3 is 5.32 Å². The third-order valence-electron chi connectivity index (χ3n) is 5.46. The summed E-state index contributed by atoms with van der Waals surface area (Å²) in [6.45, 7) is 2.16. The van der Waals surface area contributed by atoms with Crippen LogP contribution in [-0.4, -0.2) is 11.7 Å². The third-order valence-corrected chi connectivity index (χ3v) is 5.46. The molecule has 0 fully saturated rings. The maximum Gasteiger partial charge on any atom is 0.134 e. The van der Waals surface area contributed by atoms with Gasteiger partial charge in [0, 0.05) is 6.42 Å². The van der Waals surface area contributed by atoms with Gasteiger partial charge in [0.25, 0.3) is 0 Å². The number of amidine groups is 2. The number of nitrogens with one attached hydrogen (secondary N) is 1. The molecule has 0 unspecified atom stereocenters. The van der Waals surface area contributed by atoms with Gasteiger partial charge in [0.15, 0.2) is 0 Å². The topological polar surface area (TPSA) is 36.8 Å². The molecule has 0 radical (unpaired) electrons. The predicted molar refractivity (Wildman–Crippen MR) is 128 cm³/mol. The Morgan fingerprint density at radius 1 is 0.700 bits per heavy atom. The summed E-state index contributed by atoms with van der Waals surface area (Å²) < 4.78 is 0. The number of hydrogen-bond donors (Lipinski definition) is 1. The van der Waals surface area contributed by atoms with Crippen LogP contribution in [0.3, 0.4) is 0 Å². The van der Waals surface area contributed by atoms with Gasteiger partial charge in [-0.3, -0.25) is 0 Å². The SMILES string of the molecule is CCC1=CCC(=Nc2ccc3ccccc3c2)NC1=Nc1ccc2ccccc2c1. The van der Waals surface area contributed by atoms with Gasteiger partial charge >= 0.3 is 0 Å². The fraction of sp³-hybridized carbons (Fsp3) is 0.111. The Bertz CT molecular complexity index is 1330. The Kier molecular flexibility index (Phi) is 4.86. The molecule has 30 heavy (non-hydrogen) atoms. The van der Waals surface area contributed by atoms with Crippen LogP contribution in [0.15, 0.2) is 107 Å². The first-order valence-corrected chi connectivity index (χ1v) is 10.4. The lowest BCUT2D eigenvalue weighted by atomic mass is 10.1. The molecular formula is C27H23N3. The molecule has 1 aliphatic rings. The van der Waals surface area contributed by atoms with Crippen LogP contribution in [-0.2, 0) is 0 Å². The minimum absolute atomic E-state index is 0.784. The van der Waals surface area contributed by atoms with Gasteiger partial charge in [-0.2, -0.15) is 0 Å². The van der Waals surface area contributed by atoms with Crippen molar-refractivity contribution in [2.24, 2.45) is 9.98 Å². The Morgan fingerprint density at radius 3 is 1.87 bits per heavy atom. The van der Waals surface area contributed by atoms with Crippen LogP contribution in [0.4, 0.5) is 11.4 Å². The molecule has 0 amide bonds. The summed E-state index contributed by atoms with van der Waals surface area (Å²) in [5.74, 6) is 1.81. The van der Waals surface area contributed by atoms with Crippen LogP contribution in [0, 0.1) is 0 Å². The van der Waals surface area contributed by atoms with Crippen molar-refractivity contribution in [1.29, 1.82) is 0 Å². The van der Waals surface area contributed by atoms with E-state index < -0.39 is 0 Å². The molecule has 0 saturated carbocycles. The van der Waals surface area contributed by atoms with Crippen LogP contribution in [0.25, 0.3) is 21.5 Å². The van der Waals surface area contributed by atoms with Crippen LogP contribution in [0.2, 0.25) is 0 Å². The molecule has 1 heterocycles. The molecular weight excluding hydrogens is 366 g/mol. The molecule has 0 saturated heterocycles. The quantitative estimate of drug-likeness (QED) is 0.399. The zero-order valence-corrected chi connectivity index (χ0v) is 17.0. The average molecular weight is 390 g/mol. The first-order chi connectivity index (χ1) is 14.8. The minimum atomic E-state index is 0.784. The summed E-state index contributed by atoms with van der Waals surface area (Å²) in [5, 5.41) is 8.33. The first-order valence-electron chi connectivity index (χ1n) is 10.4. The first kappa shape index (κ1) is 18.3. The number of benzene rings is 4. The zero-order valence-electron chi connectivity index (χ0n) is 17.0. The zero-order chi connectivity index (χ0) is 20.3. The molecule has 3 nitrogen and oxygen atoms in total. The molecule has 0 aromatic heterocycles. The fourth-order valence-corrected chi connectivity index (χ4v) is 3.85. The Balaban J connectivity index is 1.48. The molecule has 0 aliphatic carbocycles. The second-order valence-electron chi connectivity index (χ2n) is 7.49. The average Bonchev–Trinajstić information content (AvgIpc) is 2.79. The van der Waals surface area contributed by atoms with Crippen LogP contribution >= 0.6 is 0 Å². The molecule has 0 spiro atoms. The third kappa shape index (κ3) is 3.74. The highest BCUT2D eigenvalue weighted by Gasteiger charge is 2.14. The minimum Gasteiger partial charge on any atom is -0.328 e. The van der Waals surface area contributed by atoms with Crippen molar-refractivity contribution in [3.63, 3.8) is 0 Å². The van der Waals surface area contributed by atoms with Gasteiger partial charge in [0.1, 0.15) is 11.7 Å². The molecule has 4 aromatic rings. The summed E-state index contributed by atoms with van der Waals surface area (Å²) in [7, 11) is 0. The number of aliphatic imine (C=N–C) groups is 2. The van der Waals surface area contributed by atoms with E-state index in [4.69, 9.17) is 9.98 Å². The van der Waals surface area contributed by atoms with E-state index in [2.05, 4.69) is 103 Å². The molecule has 1 N–H and O–H groups in total.